The topological polar surface area (TPSA) is 84.9 Å². The van der Waals surface area contributed by atoms with Crippen LogP contribution in [0, 0.1) is 0 Å². The van der Waals surface area contributed by atoms with Gasteiger partial charge in [0.25, 0.3) is 11.8 Å². The average molecular weight is 447 g/mol. The van der Waals surface area contributed by atoms with Crippen molar-refractivity contribution in [3.05, 3.63) is 77.9 Å². The zero-order valence-corrected chi connectivity index (χ0v) is 18.5. The highest BCUT2D eigenvalue weighted by atomic mass is 16.7. The molecule has 0 bridgehead atoms. The van der Waals surface area contributed by atoms with E-state index in [2.05, 4.69) is 5.32 Å². The normalized spacial score (nSPS) is 14.0. The second-order valence-corrected chi connectivity index (χ2v) is 7.88. The van der Waals surface area contributed by atoms with E-state index in [1.54, 1.807) is 31.2 Å². The van der Waals surface area contributed by atoms with Crippen LogP contribution in [0.25, 0.3) is 10.8 Å². The number of hydrogen-bond donors (Lipinski definition) is 1. The van der Waals surface area contributed by atoms with Crippen molar-refractivity contribution in [1.82, 2.24) is 10.2 Å². The van der Waals surface area contributed by atoms with Crippen LogP contribution in [0.3, 0.4) is 0 Å². The van der Waals surface area contributed by atoms with Gasteiger partial charge in [0, 0.05) is 30.3 Å². The van der Waals surface area contributed by atoms with Crippen LogP contribution in [-0.2, 0) is 4.74 Å². The fourth-order valence-electron chi connectivity index (χ4n) is 4.00. The van der Waals surface area contributed by atoms with Crippen molar-refractivity contribution in [3.63, 3.8) is 0 Å². The maximum atomic E-state index is 13.1. The number of likely N-dealkylation sites (tertiary alicyclic amines) is 1. The lowest BCUT2D eigenvalue weighted by atomic mass is 10.0. The van der Waals surface area contributed by atoms with Gasteiger partial charge in [-0.2, -0.15) is 0 Å². The van der Waals surface area contributed by atoms with Crippen LogP contribution in [0.5, 0.6) is 5.75 Å². The molecule has 7 nitrogen and oxygen atoms in total. The lowest BCUT2D eigenvalue weighted by molar-refractivity contribution is 0.0699. The minimum Gasteiger partial charge on any atom is -0.434 e. The molecule has 0 spiro atoms. The van der Waals surface area contributed by atoms with Crippen molar-refractivity contribution in [2.45, 2.75) is 25.8 Å². The molecule has 3 aromatic rings. The second-order valence-electron chi connectivity index (χ2n) is 7.88. The molecule has 1 heterocycles. The number of piperidine rings is 1. The summed E-state index contributed by atoms with van der Waals surface area (Å²) >= 11 is 0. The van der Waals surface area contributed by atoms with Crippen molar-refractivity contribution in [2.75, 3.05) is 19.7 Å². The van der Waals surface area contributed by atoms with Gasteiger partial charge in [0.2, 0.25) is 0 Å². The van der Waals surface area contributed by atoms with E-state index in [-0.39, 0.29) is 24.5 Å². The maximum absolute atomic E-state index is 13.1. The quantitative estimate of drug-likeness (QED) is 0.464. The summed E-state index contributed by atoms with van der Waals surface area (Å²) in [7, 11) is 0. The van der Waals surface area contributed by atoms with Gasteiger partial charge in [-0.1, -0.05) is 36.4 Å². The van der Waals surface area contributed by atoms with Crippen molar-refractivity contribution in [2.24, 2.45) is 0 Å². The highest BCUT2D eigenvalue weighted by molar-refractivity contribution is 6.07. The Morgan fingerprint density at radius 1 is 0.939 bits per heavy atom. The van der Waals surface area contributed by atoms with Crippen LogP contribution in [0.15, 0.2) is 66.7 Å². The molecule has 7 heteroatoms. The van der Waals surface area contributed by atoms with Gasteiger partial charge in [0.15, 0.2) is 0 Å². The summed E-state index contributed by atoms with van der Waals surface area (Å²) in [6.45, 7) is 3.09. The van der Waals surface area contributed by atoms with Crippen LogP contribution >= 0.6 is 0 Å². The number of nitrogens with zero attached hydrogens (tertiary/aromatic N) is 1. The molecule has 1 N–H and O–H groups in total. The molecule has 2 amide bonds. The SMILES string of the molecule is CCOC(=O)Oc1ccc(C(=O)NC2CCN(C(=O)c3cccc4ccccc34)CC2)cc1. The molecule has 4 rings (SSSR count). The van der Waals surface area contributed by atoms with Crippen LogP contribution in [0.4, 0.5) is 4.79 Å². The van der Waals surface area contributed by atoms with E-state index < -0.39 is 6.16 Å². The predicted octanol–water partition coefficient (Wildman–Crippen LogP) is 4.41. The summed E-state index contributed by atoms with van der Waals surface area (Å²) in [4.78, 5) is 38.9. The number of benzene rings is 3. The summed E-state index contributed by atoms with van der Waals surface area (Å²) in [6, 6.07) is 20.0. The molecular formula is C26H26N2O5. The number of carbonyl (C=O) groups is 3. The summed E-state index contributed by atoms with van der Waals surface area (Å²) in [6.07, 6.45) is 0.595. The molecule has 1 saturated heterocycles. The Balaban J connectivity index is 1.31. The third kappa shape index (κ3) is 5.31. The molecular weight excluding hydrogens is 420 g/mol. The predicted molar refractivity (Wildman–Crippen MR) is 124 cm³/mol. The molecule has 1 aliphatic rings. The molecule has 1 fully saturated rings. The molecule has 0 aromatic heterocycles. The number of ether oxygens (including phenoxy) is 2. The molecule has 0 radical (unpaired) electrons. The van der Waals surface area contributed by atoms with Gasteiger partial charge < -0.3 is 19.7 Å². The van der Waals surface area contributed by atoms with Crippen molar-refractivity contribution in [1.29, 1.82) is 0 Å². The van der Waals surface area contributed by atoms with Gasteiger partial charge in [0.1, 0.15) is 5.75 Å². The molecule has 0 aliphatic carbocycles. The van der Waals surface area contributed by atoms with Crippen LogP contribution in [-0.4, -0.2) is 48.6 Å². The van der Waals surface area contributed by atoms with E-state index in [4.69, 9.17) is 9.47 Å². The number of amides is 2. The first-order valence-electron chi connectivity index (χ1n) is 11.1. The van der Waals surface area contributed by atoms with E-state index in [1.807, 2.05) is 47.4 Å². The Hall–Kier alpha value is -3.87. The first kappa shape index (κ1) is 22.3. The fraction of sp³-hybridized carbons (Fsp3) is 0.269. The van der Waals surface area contributed by atoms with Gasteiger partial charge in [-0.25, -0.2) is 4.79 Å². The molecule has 33 heavy (non-hydrogen) atoms. The largest absolute Gasteiger partial charge is 0.513 e. The lowest BCUT2D eigenvalue weighted by Crippen LogP contribution is -2.46. The molecule has 3 aromatic carbocycles. The van der Waals surface area contributed by atoms with E-state index >= 15 is 0 Å². The van der Waals surface area contributed by atoms with Gasteiger partial charge in [-0.15, -0.1) is 0 Å². The zero-order valence-electron chi connectivity index (χ0n) is 18.5. The second kappa shape index (κ2) is 10.2. The first-order valence-corrected chi connectivity index (χ1v) is 11.1. The summed E-state index contributed by atoms with van der Waals surface area (Å²) < 4.78 is 9.74. The van der Waals surface area contributed by atoms with Crippen LogP contribution < -0.4 is 10.1 Å². The highest BCUT2D eigenvalue weighted by Crippen LogP contribution is 2.22. The van der Waals surface area contributed by atoms with Gasteiger partial charge in [0.05, 0.1) is 6.61 Å². The standard InChI is InChI=1S/C26H26N2O5/c1-2-32-26(31)33-21-12-10-19(11-13-21)24(29)27-20-14-16-28(17-15-20)25(30)23-9-5-7-18-6-3-4-8-22(18)23/h3-13,20H,2,14-17H2,1H3,(H,27,29). The number of nitrogens with one attached hydrogen (secondary N) is 1. The number of hydrogen-bond acceptors (Lipinski definition) is 5. The Morgan fingerprint density at radius 3 is 2.36 bits per heavy atom. The fourth-order valence-corrected chi connectivity index (χ4v) is 4.00. The van der Waals surface area contributed by atoms with Crippen molar-refractivity contribution >= 4 is 28.7 Å². The minimum atomic E-state index is -0.778. The molecule has 1 aliphatic heterocycles. The molecule has 0 unspecified atom stereocenters. The summed E-state index contributed by atoms with van der Waals surface area (Å²) in [5.41, 5.74) is 1.18. The summed E-state index contributed by atoms with van der Waals surface area (Å²) in [5, 5.41) is 5.04. The third-order valence-corrected chi connectivity index (χ3v) is 5.72. The first-order chi connectivity index (χ1) is 16.0. The Labute approximate surface area is 192 Å². The van der Waals surface area contributed by atoms with E-state index in [1.165, 1.54) is 0 Å². The van der Waals surface area contributed by atoms with Crippen LogP contribution in [0.1, 0.15) is 40.5 Å². The van der Waals surface area contributed by atoms with Gasteiger partial charge in [-0.05, 0) is 60.9 Å². The maximum Gasteiger partial charge on any atom is 0.513 e. The Bertz CT molecular complexity index is 1150. The number of carbonyl (C=O) groups excluding carboxylic acids is 3. The summed E-state index contributed by atoms with van der Waals surface area (Å²) in [5.74, 6) is 0.135. The zero-order chi connectivity index (χ0) is 23.2. The van der Waals surface area contributed by atoms with Gasteiger partial charge in [-0.3, -0.25) is 9.59 Å². The van der Waals surface area contributed by atoms with E-state index in [9.17, 15) is 14.4 Å². The van der Waals surface area contributed by atoms with E-state index in [0.717, 1.165) is 10.8 Å². The van der Waals surface area contributed by atoms with Crippen molar-refractivity contribution < 1.29 is 23.9 Å². The monoisotopic (exact) mass is 446 g/mol. The third-order valence-electron chi connectivity index (χ3n) is 5.72. The molecule has 0 atom stereocenters. The van der Waals surface area contributed by atoms with Crippen molar-refractivity contribution in [3.8, 4) is 5.75 Å². The lowest BCUT2D eigenvalue weighted by Gasteiger charge is -2.32. The average Bonchev–Trinajstić information content (AvgIpc) is 2.84. The smallest absolute Gasteiger partial charge is 0.434 e. The van der Waals surface area contributed by atoms with Gasteiger partial charge >= 0.3 is 6.16 Å². The molecule has 170 valence electrons. The molecule has 0 saturated carbocycles. The minimum absolute atomic E-state index is 0.00970. The highest BCUT2D eigenvalue weighted by Gasteiger charge is 2.25. The Morgan fingerprint density at radius 2 is 1.64 bits per heavy atom. The van der Waals surface area contributed by atoms with E-state index in [0.29, 0.717) is 42.8 Å². The Kier molecular flexibility index (Phi) is 6.88. The van der Waals surface area contributed by atoms with Crippen LogP contribution in [0.2, 0.25) is 0 Å². The number of rotatable bonds is 5. The number of fused-ring (bicyclic) bond motifs is 1.